The first kappa shape index (κ1) is 12.6. The van der Waals surface area contributed by atoms with Crippen LogP contribution in [0.3, 0.4) is 0 Å². The maximum atomic E-state index is 9.07. The van der Waals surface area contributed by atoms with Gasteiger partial charge in [0.25, 0.3) is 0 Å². The molecule has 2 atom stereocenters. The summed E-state index contributed by atoms with van der Waals surface area (Å²) in [5, 5.41) is 9.07. The highest BCUT2D eigenvalue weighted by molar-refractivity contribution is 5.13. The summed E-state index contributed by atoms with van der Waals surface area (Å²) in [6.45, 7) is 0.989. The van der Waals surface area contributed by atoms with Crippen molar-refractivity contribution in [3.63, 3.8) is 0 Å². The molecule has 1 aliphatic rings. The number of aliphatic hydroxyl groups excluding tert-OH is 1. The van der Waals surface area contributed by atoms with E-state index < -0.39 is 0 Å². The molecule has 2 heteroatoms. The second-order valence-corrected chi connectivity index (χ2v) is 4.89. The van der Waals surface area contributed by atoms with Crippen molar-refractivity contribution in [2.24, 2.45) is 5.92 Å². The zero-order chi connectivity index (χ0) is 11.9. The number of ether oxygens (including phenoxy) is 1. The summed E-state index contributed by atoms with van der Waals surface area (Å²) in [5.41, 5.74) is 1.24. The van der Waals surface area contributed by atoms with Crippen molar-refractivity contribution in [2.75, 3.05) is 6.61 Å². The lowest BCUT2D eigenvalue weighted by atomic mass is 9.84. The van der Waals surface area contributed by atoms with E-state index in [1.165, 1.54) is 24.8 Å². The first-order valence-corrected chi connectivity index (χ1v) is 6.66. The third-order valence-corrected chi connectivity index (χ3v) is 3.65. The lowest BCUT2D eigenvalue weighted by Crippen LogP contribution is -2.28. The van der Waals surface area contributed by atoms with E-state index in [0.717, 1.165) is 12.8 Å². The summed E-state index contributed by atoms with van der Waals surface area (Å²) in [6.07, 6.45) is 6.14. The molecule has 0 amide bonds. The molecule has 17 heavy (non-hydrogen) atoms. The number of benzene rings is 1. The predicted molar refractivity (Wildman–Crippen MR) is 68.7 cm³/mol. The van der Waals surface area contributed by atoms with Crippen molar-refractivity contribution in [1.29, 1.82) is 0 Å². The van der Waals surface area contributed by atoms with E-state index in [1.807, 2.05) is 18.2 Å². The standard InChI is InChI=1S/C15H22O2/c16-11-10-14-8-4-5-9-15(14)17-12-13-6-2-1-3-7-13/h1-3,6-7,14-16H,4-5,8-12H2. The van der Waals surface area contributed by atoms with Crippen molar-refractivity contribution in [2.45, 2.75) is 44.8 Å². The molecule has 0 saturated heterocycles. The molecule has 1 fully saturated rings. The van der Waals surface area contributed by atoms with E-state index in [0.29, 0.717) is 18.6 Å². The van der Waals surface area contributed by atoms with Crippen LogP contribution in [0.15, 0.2) is 30.3 Å². The number of hydrogen-bond acceptors (Lipinski definition) is 2. The SMILES string of the molecule is OCCC1CCCCC1OCc1ccccc1. The Labute approximate surface area is 104 Å². The molecule has 2 unspecified atom stereocenters. The highest BCUT2D eigenvalue weighted by atomic mass is 16.5. The lowest BCUT2D eigenvalue weighted by molar-refractivity contribution is -0.0276. The minimum absolute atomic E-state index is 0.288. The monoisotopic (exact) mass is 234 g/mol. The van der Waals surface area contributed by atoms with Gasteiger partial charge in [-0.3, -0.25) is 0 Å². The van der Waals surface area contributed by atoms with Crippen molar-refractivity contribution in [3.8, 4) is 0 Å². The highest BCUT2D eigenvalue weighted by Crippen LogP contribution is 2.29. The Balaban J connectivity index is 1.84. The topological polar surface area (TPSA) is 29.5 Å². The van der Waals surface area contributed by atoms with Crippen LogP contribution < -0.4 is 0 Å². The highest BCUT2D eigenvalue weighted by Gasteiger charge is 2.25. The molecule has 0 spiro atoms. The average Bonchev–Trinajstić information content (AvgIpc) is 2.39. The molecule has 2 rings (SSSR count). The van der Waals surface area contributed by atoms with Crippen LogP contribution in [0.4, 0.5) is 0 Å². The van der Waals surface area contributed by atoms with Crippen molar-refractivity contribution < 1.29 is 9.84 Å². The van der Waals surface area contributed by atoms with Crippen LogP contribution in [0.25, 0.3) is 0 Å². The van der Waals surface area contributed by atoms with Gasteiger partial charge >= 0.3 is 0 Å². The van der Waals surface area contributed by atoms with Gasteiger partial charge in [-0.1, -0.05) is 43.2 Å². The number of rotatable bonds is 5. The van der Waals surface area contributed by atoms with Crippen LogP contribution in [0.2, 0.25) is 0 Å². The minimum atomic E-state index is 0.288. The third-order valence-electron chi connectivity index (χ3n) is 3.65. The van der Waals surface area contributed by atoms with Crippen molar-refractivity contribution >= 4 is 0 Å². The van der Waals surface area contributed by atoms with Crippen LogP contribution in [0, 0.1) is 5.92 Å². The van der Waals surface area contributed by atoms with E-state index in [2.05, 4.69) is 12.1 Å². The fourth-order valence-corrected chi connectivity index (χ4v) is 2.67. The smallest absolute Gasteiger partial charge is 0.0720 e. The van der Waals surface area contributed by atoms with Gasteiger partial charge in [-0.15, -0.1) is 0 Å². The fraction of sp³-hybridized carbons (Fsp3) is 0.600. The Morgan fingerprint density at radius 2 is 1.88 bits per heavy atom. The Hall–Kier alpha value is -0.860. The molecular weight excluding hydrogens is 212 g/mol. The summed E-state index contributed by atoms with van der Waals surface area (Å²) >= 11 is 0. The zero-order valence-corrected chi connectivity index (χ0v) is 10.3. The van der Waals surface area contributed by atoms with Crippen molar-refractivity contribution in [1.82, 2.24) is 0 Å². The summed E-state index contributed by atoms with van der Waals surface area (Å²) in [5.74, 6) is 0.553. The van der Waals surface area contributed by atoms with Crippen LogP contribution in [-0.2, 0) is 11.3 Å². The molecule has 0 heterocycles. The third kappa shape index (κ3) is 3.83. The summed E-state index contributed by atoms with van der Waals surface area (Å²) in [4.78, 5) is 0. The van der Waals surface area contributed by atoms with E-state index in [4.69, 9.17) is 9.84 Å². The van der Waals surface area contributed by atoms with Crippen LogP contribution in [0.1, 0.15) is 37.7 Å². The fourth-order valence-electron chi connectivity index (χ4n) is 2.67. The van der Waals surface area contributed by atoms with Crippen LogP contribution in [0.5, 0.6) is 0 Å². The van der Waals surface area contributed by atoms with E-state index >= 15 is 0 Å². The van der Waals surface area contributed by atoms with E-state index in [1.54, 1.807) is 0 Å². The Morgan fingerprint density at radius 3 is 2.65 bits per heavy atom. The summed E-state index contributed by atoms with van der Waals surface area (Å²) < 4.78 is 6.02. The molecular formula is C15H22O2. The van der Waals surface area contributed by atoms with Gasteiger partial charge in [-0.25, -0.2) is 0 Å². The molecule has 1 N–H and O–H groups in total. The Kier molecular flexibility index (Phi) is 5.02. The average molecular weight is 234 g/mol. The maximum Gasteiger partial charge on any atom is 0.0720 e. The molecule has 1 aliphatic carbocycles. The van der Waals surface area contributed by atoms with Gasteiger partial charge in [0.1, 0.15) is 0 Å². The molecule has 2 nitrogen and oxygen atoms in total. The Morgan fingerprint density at radius 1 is 1.12 bits per heavy atom. The maximum absolute atomic E-state index is 9.07. The number of hydrogen-bond donors (Lipinski definition) is 1. The molecule has 94 valence electrons. The van der Waals surface area contributed by atoms with Gasteiger partial charge in [0.15, 0.2) is 0 Å². The first-order valence-electron chi connectivity index (χ1n) is 6.66. The van der Waals surface area contributed by atoms with Crippen LogP contribution in [-0.4, -0.2) is 17.8 Å². The van der Waals surface area contributed by atoms with Gasteiger partial charge < -0.3 is 9.84 Å². The largest absolute Gasteiger partial charge is 0.396 e. The summed E-state index contributed by atoms with van der Waals surface area (Å²) in [6, 6.07) is 10.3. The second kappa shape index (κ2) is 6.77. The van der Waals surface area contributed by atoms with Gasteiger partial charge in [0, 0.05) is 6.61 Å². The molecule has 0 bridgehead atoms. The molecule has 0 aromatic heterocycles. The molecule has 0 radical (unpaired) electrons. The summed E-state index contributed by atoms with van der Waals surface area (Å²) in [7, 11) is 0. The second-order valence-electron chi connectivity index (χ2n) is 4.89. The van der Waals surface area contributed by atoms with Gasteiger partial charge in [-0.05, 0) is 30.7 Å². The molecule has 1 aromatic carbocycles. The lowest BCUT2D eigenvalue weighted by Gasteiger charge is -2.31. The first-order chi connectivity index (χ1) is 8.40. The molecule has 0 aliphatic heterocycles. The number of aliphatic hydroxyl groups is 1. The predicted octanol–water partition coefficient (Wildman–Crippen LogP) is 3.14. The molecule has 1 aromatic rings. The van der Waals surface area contributed by atoms with Gasteiger partial charge in [0.05, 0.1) is 12.7 Å². The van der Waals surface area contributed by atoms with E-state index in [-0.39, 0.29) is 6.61 Å². The zero-order valence-electron chi connectivity index (χ0n) is 10.3. The minimum Gasteiger partial charge on any atom is -0.396 e. The molecule has 1 saturated carbocycles. The van der Waals surface area contributed by atoms with E-state index in [9.17, 15) is 0 Å². The Bertz CT molecular complexity index is 308. The van der Waals surface area contributed by atoms with Gasteiger partial charge in [0.2, 0.25) is 0 Å². The normalized spacial score (nSPS) is 24.8. The quantitative estimate of drug-likeness (QED) is 0.848. The van der Waals surface area contributed by atoms with Crippen LogP contribution >= 0.6 is 0 Å². The van der Waals surface area contributed by atoms with Gasteiger partial charge in [-0.2, -0.15) is 0 Å². The van der Waals surface area contributed by atoms with Crippen molar-refractivity contribution in [3.05, 3.63) is 35.9 Å².